The number of likely N-dealkylation sites (tertiary alicyclic amines) is 1. The fourth-order valence-corrected chi connectivity index (χ4v) is 6.40. The summed E-state index contributed by atoms with van der Waals surface area (Å²) in [6, 6.07) is 15.6. The van der Waals surface area contributed by atoms with Crippen LogP contribution in [0.2, 0.25) is 5.02 Å². The summed E-state index contributed by atoms with van der Waals surface area (Å²) in [5.74, 6) is 0.807. The van der Waals surface area contributed by atoms with Gasteiger partial charge in [-0.3, -0.25) is 14.5 Å². The van der Waals surface area contributed by atoms with Gasteiger partial charge in [0.15, 0.2) is 0 Å². The Balaban J connectivity index is 1.27. The van der Waals surface area contributed by atoms with Crippen LogP contribution in [0.3, 0.4) is 0 Å². The van der Waals surface area contributed by atoms with Crippen molar-refractivity contribution < 1.29 is 19.1 Å². The molecular formula is C29H27ClN6O4S. The molecule has 0 aliphatic carbocycles. The molecule has 4 aromatic rings. The van der Waals surface area contributed by atoms with E-state index in [1.807, 2.05) is 30.3 Å². The lowest BCUT2D eigenvalue weighted by Crippen LogP contribution is -2.51. The van der Waals surface area contributed by atoms with Crippen LogP contribution in [0, 0.1) is 0 Å². The molecule has 6 rings (SSSR count). The number of ether oxygens (including phenoxy) is 1. The lowest BCUT2D eigenvalue weighted by Gasteiger charge is -2.33. The molecule has 4 amide bonds. The van der Waals surface area contributed by atoms with Crippen LogP contribution >= 0.6 is 22.9 Å². The summed E-state index contributed by atoms with van der Waals surface area (Å²) in [5, 5.41) is 9.87. The van der Waals surface area contributed by atoms with Crippen molar-refractivity contribution >= 4 is 68.1 Å². The molecule has 0 bridgehead atoms. The minimum absolute atomic E-state index is 0.00404. The standard InChI is InChI=1S/C29H27ClN6O4S/c1-31-15-23(37)35-13-5-6-17(16-35)33-27(38)26-25-24-21(11-12-32-28(24)41-26)36(29(39)34-25)18-9-10-22(20(30)14-18)40-19-7-3-2-4-8-19/h2-4,7-12,14,17,31H,5-6,13,15-16H2,1H3,(H,33,38)(H,34,39)/t17-/m1/s1. The van der Waals surface area contributed by atoms with Gasteiger partial charge in [0.2, 0.25) is 5.91 Å². The molecule has 0 spiro atoms. The lowest BCUT2D eigenvalue weighted by molar-refractivity contribution is -0.131. The van der Waals surface area contributed by atoms with E-state index in [0.717, 1.165) is 12.8 Å². The highest BCUT2D eigenvalue weighted by atomic mass is 35.5. The molecule has 1 saturated heterocycles. The largest absolute Gasteiger partial charge is 0.456 e. The van der Waals surface area contributed by atoms with E-state index in [9.17, 15) is 14.4 Å². The Morgan fingerprint density at radius 2 is 2.02 bits per heavy atom. The number of hydrogen-bond donors (Lipinski definition) is 3. The first-order valence-corrected chi connectivity index (χ1v) is 14.4. The number of pyridine rings is 1. The zero-order valence-corrected chi connectivity index (χ0v) is 23.7. The number of halogens is 1. The van der Waals surface area contributed by atoms with Crippen LogP contribution in [0.5, 0.6) is 11.5 Å². The van der Waals surface area contributed by atoms with Crippen LogP contribution in [-0.2, 0) is 4.79 Å². The molecule has 41 heavy (non-hydrogen) atoms. The van der Waals surface area contributed by atoms with Gasteiger partial charge in [0, 0.05) is 25.3 Å². The predicted octanol–water partition coefficient (Wildman–Crippen LogP) is 5.37. The number of rotatable bonds is 7. The van der Waals surface area contributed by atoms with Crippen LogP contribution in [0.4, 0.5) is 21.9 Å². The molecule has 2 aromatic heterocycles. The first kappa shape index (κ1) is 27.0. The van der Waals surface area contributed by atoms with Crippen LogP contribution in [-0.4, -0.2) is 60.5 Å². The van der Waals surface area contributed by atoms with Gasteiger partial charge in [-0.2, -0.15) is 0 Å². The van der Waals surface area contributed by atoms with Gasteiger partial charge in [-0.25, -0.2) is 9.78 Å². The first-order chi connectivity index (χ1) is 19.9. The summed E-state index contributed by atoms with van der Waals surface area (Å²) < 4.78 is 5.89. The molecule has 2 aromatic carbocycles. The number of aromatic nitrogens is 1. The minimum Gasteiger partial charge on any atom is -0.456 e. The van der Waals surface area contributed by atoms with Gasteiger partial charge in [0.25, 0.3) is 5.91 Å². The third-order valence-electron chi connectivity index (χ3n) is 7.03. The number of benzene rings is 2. The number of carbonyl (C=O) groups excluding carboxylic acids is 3. The van der Waals surface area contributed by atoms with E-state index in [4.69, 9.17) is 16.3 Å². The van der Waals surface area contributed by atoms with Crippen LogP contribution in [0.25, 0.3) is 10.2 Å². The fourth-order valence-electron chi connectivity index (χ4n) is 5.16. The third kappa shape index (κ3) is 5.31. The first-order valence-electron chi connectivity index (χ1n) is 13.2. The summed E-state index contributed by atoms with van der Waals surface area (Å²) in [4.78, 5) is 48.0. The van der Waals surface area contributed by atoms with Crippen molar-refractivity contribution in [2.45, 2.75) is 18.9 Å². The van der Waals surface area contributed by atoms with Crippen molar-refractivity contribution in [2.75, 3.05) is 36.9 Å². The Morgan fingerprint density at radius 1 is 1.20 bits per heavy atom. The van der Waals surface area contributed by atoms with Gasteiger partial charge >= 0.3 is 6.03 Å². The minimum atomic E-state index is -0.424. The second-order valence-corrected chi connectivity index (χ2v) is 11.2. The Hall–Kier alpha value is -4.19. The molecule has 0 saturated carbocycles. The van der Waals surface area contributed by atoms with E-state index < -0.39 is 6.03 Å². The molecule has 1 atom stereocenters. The van der Waals surface area contributed by atoms with Gasteiger partial charge in [0.1, 0.15) is 21.2 Å². The molecule has 12 heteroatoms. The van der Waals surface area contributed by atoms with Gasteiger partial charge in [-0.15, -0.1) is 11.3 Å². The molecule has 210 valence electrons. The molecule has 2 aliphatic rings. The molecule has 0 unspecified atom stereocenters. The SMILES string of the molecule is CNCC(=O)N1CCC[C@@H](NC(=O)c2sc3nccc4c3c2NC(=O)N4c2ccc(Oc3ccccc3)c(Cl)c2)C1. The topological polar surface area (TPSA) is 116 Å². The van der Waals surface area contributed by atoms with E-state index in [1.165, 1.54) is 16.2 Å². The number of anilines is 3. The number of likely N-dealkylation sites (N-methyl/N-ethyl adjacent to an activating group) is 1. The van der Waals surface area contributed by atoms with Crippen molar-refractivity contribution in [1.82, 2.24) is 20.5 Å². The van der Waals surface area contributed by atoms with E-state index in [-0.39, 0.29) is 24.4 Å². The van der Waals surface area contributed by atoms with E-state index in [2.05, 4.69) is 20.9 Å². The Morgan fingerprint density at radius 3 is 2.80 bits per heavy atom. The molecule has 3 N–H and O–H groups in total. The van der Waals surface area contributed by atoms with E-state index >= 15 is 0 Å². The molecule has 4 heterocycles. The fraction of sp³-hybridized carbons (Fsp3) is 0.241. The Labute approximate surface area is 245 Å². The van der Waals surface area contributed by atoms with Crippen molar-refractivity contribution in [3.8, 4) is 11.5 Å². The Bertz CT molecular complexity index is 1650. The quantitative estimate of drug-likeness (QED) is 0.267. The number of para-hydroxylation sites is 1. The summed E-state index contributed by atoms with van der Waals surface area (Å²) in [5.41, 5.74) is 1.57. The van der Waals surface area contributed by atoms with Gasteiger partial charge < -0.3 is 25.6 Å². The number of thiophene rings is 1. The second-order valence-electron chi connectivity index (χ2n) is 9.79. The maximum Gasteiger partial charge on any atom is 0.331 e. The summed E-state index contributed by atoms with van der Waals surface area (Å²) >= 11 is 7.78. The highest BCUT2D eigenvalue weighted by Gasteiger charge is 2.34. The van der Waals surface area contributed by atoms with E-state index in [1.54, 1.807) is 42.4 Å². The number of carbonyl (C=O) groups is 3. The lowest BCUT2D eigenvalue weighted by atomic mass is 10.1. The monoisotopic (exact) mass is 590 g/mol. The molecular weight excluding hydrogens is 564 g/mol. The highest BCUT2D eigenvalue weighted by molar-refractivity contribution is 7.21. The number of amides is 4. The number of urea groups is 1. The molecule has 1 fully saturated rings. The number of hydrogen-bond acceptors (Lipinski definition) is 7. The van der Waals surface area contributed by atoms with Crippen molar-refractivity contribution in [2.24, 2.45) is 0 Å². The van der Waals surface area contributed by atoms with Gasteiger partial charge in [0.05, 0.1) is 34.0 Å². The van der Waals surface area contributed by atoms with Crippen LogP contribution < -0.4 is 25.6 Å². The van der Waals surface area contributed by atoms with Gasteiger partial charge in [-0.1, -0.05) is 29.8 Å². The number of piperidine rings is 1. The summed E-state index contributed by atoms with van der Waals surface area (Å²) in [6.07, 6.45) is 3.19. The van der Waals surface area contributed by atoms with Crippen LogP contribution in [0.15, 0.2) is 60.8 Å². The summed E-state index contributed by atoms with van der Waals surface area (Å²) in [6.45, 7) is 1.37. The van der Waals surface area contributed by atoms with Crippen molar-refractivity contribution in [1.29, 1.82) is 0 Å². The van der Waals surface area contributed by atoms with Crippen LogP contribution in [0.1, 0.15) is 22.5 Å². The maximum absolute atomic E-state index is 13.5. The predicted molar refractivity (Wildman–Crippen MR) is 160 cm³/mol. The normalized spacial score (nSPS) is 16.4. The van der Waals surface area contributed by atoms with E-state index in [0.29, 0.717) is 61.8 Å². The van der Waals surface area contributed by atoms with Gasteiger partial charge in [-0.05, 0) is 56.3 Å². The average Bonchev–Trinajstić information content (AvgIpc) is 3.35. The summed E-state index contributed by atoms with van der Waals surface area (Å²) in [7, 11) is 1.73. The number of nitrogens with zero attached hydrogens (tertiary/aromatic N) is 3. The van der Waals surface area contributed by atoms with Crippen molar-refractivity contribution in [3.63, 3.8) is 0 Å². The number of nitrogens with one attached hydrogen (secondary N) is 3. The second kappa shape index (κ2) is 11.4. The molecule has 0 radical (unpaired) electrons. The molecule has 2 aliphatic heterocycles. The maximum atomic E-state index is 13.5. The average molecular weight is 591 g/mol. The Kier molecular flexibility index (Phi) is 7.48. The zero-order chi connectivity index (χ0) is 28.5. The highest BCUT2D eigenvalue weighted by Crippen LogP contribution is 2.46. The third-order valence-corrected chi connectivity index (χ3v) is 8.43. The smallest absolute Gasteiger partial charge is 0.331 e. The molecule has 10 nitrogen and oxygen atoms in total. The zero-order valence-electron chi connectivity index (χ0n) is 22.1. The van der Waals surface area contributed by atoms with Crippen molar-refractivity contribution in [3.05, 3.63) is 70.7 Å².